The SMILES string of the molecule is CCN(C)C(C)C(=O)N[C@@H](Cc1cccc(C)c1)C(=O)NCc1ccc(N)nc1. The van der Waals surface area contributed by atoms with Crippen LogP contribution in [0.15, 0.2) is 42.6 Å². The van der Waals surface area contributed by atoms with Gasteiger partial charge in [0.2, 0.25) is 11.8 Å². The minimum atomic E-state index is -0.668. The van der Waals surface area contributed by atoms with Gasteiger partial charge in [-0.15, -0.1) is 0 Å². The number of benzene rings is 1. The van der Waals surface area contributed by atoms with Crippen molar-refractivity contribution in [1.82, 2.24) is 20.5 Å². The van der Waals surface area contributed by atoms with Gasteiger partial charge in [-0.05, 0) is 44.6 Å². The second-order valence-corrected chi connectivity index (χ2v) is 7.31. The molecule has 1 unspecified atom stereocenters. The molecule has 1 aromatic heterocycles. The number of hydrogen-bond acceptors (Lipinski definition) is 5. The Morgan fingerprint density at radius 2 is 1.93 bits per heavy atom. The summed E-state index contributed by atoms with van der Waals surface area (Å²) in [5.74, 6) is 0.0260. The molecule has 29 heavy (non-hydrogen) atoms. The molecule has 0 aliphatic rings. The fourth-order valence-electron chi connectivity index (χ4n) is 2.90. The van der Waals surface area contributed by atoms with Crippen molar-refractivity contribution < 1.29 is 9.59 Å². The Labute approximate surface area is 172 Å². The second kappa shape index (κ2) is 10.6. The predicted octanol–water partition coefficient (Wildman–Crippen LogP) is 1.66. The van der Waals surface area contributed by atoms with Gasteiger partial charge >= 0.3 is 0 Å². The van der Waals surface area contributed by atoms with Crippen molar-refractivity contribution >= 4 is 17.6 Å². The van der Waals surface area contributed by atoms with Gasteiger partial charge in [0.25, 0.3) is 0 Å². The van der Waals surface area contributed by atoms with Crippen LogP contribution in [0.2, 0.25) is 0 Å². The molecule has 0 saturated heterocycles. The van der Waals surface area contributed by atoms with Crippen LogP contribution in [0.25, 0.3) is 0 Å². The summed E-state index contributed by atoms with van der Waals surface area (Å²) in [7, 11) is 1.88. The Morgan fingerprint density at radius 3 is 2.55 bits per heavy atom. The molecule has 0 bridgehead atoms. The van der Waals surface area contributed by atoms with Crippen LogP contribution in [0, 0.1) is 6.92 Å². The number of rotatable bonds is 9. The first-order valence-electron chi connectivity index (χ1n) is 9.84. The minimum Gasteiger partial charge on any atom is -0.384 e. The molecule has 2 atom stereocenters. The predicted molar refractivity (Wildman–Crippen MR) is 115 cm³/mol. The molecule has 2 aromatic rings. The highest BCUT2D eigenvalue weighted by Gasteiger charge is 2.25. The number of nitrogens with zero attached hydrogens (tertiary/aromatic N) is 2. The Balaban J connectivity index is 2.10. The normalized spacial score (nSPS) is 13.0. The minimum absolute atomic E-state index is 0.170. The van der Waals surface area contributed by atoms with Gasteiger partial charge in [-0.3, -0.25) is 14.5 Å². The van der Waals surface area contributed by atoms with Crippen molar-refractivity contribution in [3.05, 3.63) is 59.3 Å². The highest BCUT2D eigenvalue weighted by molar-refractivity contribution is 5.89. The zero-order valence-electron chi connectivity index (χ0n) is 17.6. The van der Waals surface area contributed by atoms with E-state index in [1.807, 2.05) is 63.1 Å². The van der Waals surface area contributed by atoms with Crippen molar-refractivity contribution in [1.29, 1.82) is 0 Å². The first-order chi connectivity index (χ1) is 13.8. The van der Waals surface area contributed by atoms with Gasteiger partial charge < -0.3 is 16.4 Å². The molecule has 0 saturated carbocycles. The Kier molecular flexibility index (Phi) is 8.15. The molecule has 2 amide bonds. The number of carbonyl (C=O) groups is 2. The average molecular weight is 398 g/mol. The lowest BCUT2D eigenvalue weighted by atomic mass is 10.0. The van der Waals surface area contributed by atoms with Gasteiger partial charge in [0.05, 0.1) is 6.04 Å². The second-order valence-electron chi connectivity index (χ2n) is 7.31. The Morgan fingerprint density at radius 1 is 1.17 bits per heavy atom. The maximum absolute atomic E-state index is 12.9. The molecule has 156 valence electrons. The number of aromatic nitrogens is 1. The molecule has 7 heteroatoms. The summed E-state index contributed by atoms with van der Waals surface area (Å²) >= 11 is 0. The van der Waals surface area contributed by atoms with E-state index in [0.717, 1.165) is 23.2 Å². The van der Waals surface area contributed by atoms with Gasteiger partial charge in [0, 0.05) is 19.2 Å². The zero-order valence-corrected chi connectivity index (χ0v) is 17.6. The summed E-state index contributed by atoms with van der Waals surface area (Å²) in [5, 5.41) is 5.81. The van der Waals surface area contributed by atoms with Crippen LogP contribution in [0.5, 0.6) is 0 Å². The first-order valence-corrected chi connectivity index (χ1v) is 9.84. The van der Waals surface area contributed by atoms with Crippen LogP contribution in [0.4, 0.5) is 5.82 Å². The summed E-state index contributed by atoms with van der Waals surface area (Å²) in [6.45, 7) is 6.88. The number of anilines is 1. The molecule has 1 heterocycles. The standard InChI is InChI=1S/C22H31N5O2/c1-5-27(4)16(3)21(28)26-19(12-17-8-6-7-15(2)11-17)22(29)25-14-18-9-10-20(23)24-13-18/h6-11,13,16,19H,5,12,14H2,1-4H3,(H2,23,24)(H,25,29)(H,26,28)/t16?,19-/m0/s1. The topological polar surface area (TPSA) is 100 Å². The third-order valence-electron chi connectivity index (χ3n) is 5.01. The molecule has 2 rings (SSSR count). The number of likely N-dealkylation sites (N-methyl/N-ethyl adjacent to an activating group) is 1. The van der Waals surface area contributed by atoms with Gasteiger partial charge in [0.15, 0.2) is 0 Å². The molecule has 0 aliphatic carbocycles. The first kappa shape index (κ1) is 22.4. The van der Waals surface area contributed by atoms with E-state index in [9.17, 15) is 9.59 Å². The number of aryl methyl sites for hydroxylation is 1. The summed E-state index contributed by atoms with van der Waals surface area (Å²) < 4.78 is 0. The molecule has 0 radical (unpaired) electrons. The molecule has 0 spiro atoms. The molecule has 7 nitrogen and oxygen atoms in total. The Bertz CT molecular complexity index is 822. The van der Waals surface area contributed by atoms with Crippen LogP contribution in [0.1, 0.15) is 30.5 Å². The maximum Gasteiger partial charge on any atom is 0.243 e. The number of amides is 2. The summed E-state index contributed by atoms with van der Waals surface area (Å²) in [6.07, 6.45) is 2.05. The van der Waals surface area contributed by atoms with Crippen LogP contribution in [-0.4, -0.2) is 47.4 Å². The lowest BCUT2D eigenvalue weighted by Gasteiger charge is -2.25. The van der Waals surface area contributed by atoms with Crippen LogP contribution in [0.3, 0.4) is 0 Å². The number of pyridine rings is 1. The summed E-state index contributed by atoms with van der Waals surface area (Å²) in [5.41, 5.74) is 8.55. The van der Waals surface area contributed by atoms with E-state index < -0.39 is 6.04 Å². The number of nitrogen functional groups attached to an aromatic ring is 1. The van der Waals surface area contributed by atoms with E-state index in [-0.39, 0.29) is 17.9 Å². The van der Waals surface area contributed by atoms with Gasteiger partial charge in [-0.1, -0.05) is 42.8 Å². The van der Waals surface area contributed by atoms with Gasteiger partial charge in [-0.25, -0.2) is 4.98 Å². The fraction of sp³-hybridized carbons (Fsp3) is 0.409. The van der Waals surface area contributed by atoms with E-state index >= 15 is 0 Å². The number of carbonyl (C=O) groups excluding carboxylic acids is 2. The lowest BCUT2D eigenvalue weighted by molar-refractivity contribution is -0.131. The van der Waals surface area contributed by atoms with Crippen LogP contribution >= 0.6 is 0 Å². The van der Waals surface area contributed by atoms with Gasteiger partial charge in [-0.2, -0.15) is 0 Å². The smallest absolute Gasteiger partial charge is 0.243 e. The third-order valence-corrected chi connectivity index (χ3v) is 5.01. The Hall–Kier alpha value is -2.93. The quantitative estimate of drug-likeness (QED) is 0.597. The molecule has 4 N–H and O–H groups in total. The van der Waals surface area contributed by atoms with E-state index in [1.165, 1.54) is 0 Å². The van der Waals surface area contributed by atoms with Crippen LogP contribution < -0.4 is 16.4 Å². The largest absolute Gasteiger partial charge is 0.384 e. The van der Waals surface area contributed by atoms with Crippen LogP contribution in [-0.2, 0) is 22.6 Å². The monoisotopic (exact) mass is 397 g/mol. The zero-order chi connectivity index (χ0) is 21.4. The maximum atomic E-state index is 12.9. The molecule has 0 aliphatic heterocycles. The molecule has 1 aromatic carbocycles. The summed E-state index contributed by atoms with van der Waals surface area (Å²) in [4.78, 5) is 31.5. The molecular weight excluding hydrogens is 366 g/mol. The number of nitrogens with one attached hydrogen (secondary N) is 2. The highest BCUT2D eigenvalue weighted by Crippen LogP contribution is 2.09. The third kappa shape index (κ3) is 6.87. The highest BCUT2D eigenvalue weighted by atomic mass is 16.2. The van der Waals surface area contributed by atoms with E-state index in [1.54, 1.807) is 12.3 Å². The van der Waals surface area contributed by atoms with Crippen molar-refractivity contribution in [3.63, 3.8) is 0 Å². The van der Waals surface area contributed by atoms with E-state index in [2.05, 4.69) is 15.6 Å². The number of hydrogen-bond donors (Lipinski definition) is 3. The van der Waals surface area contributed by atoms with Crippen molar-refractivity contribution in [2.45, 2.75) is 45.8 Å². The van der Waals surface area contributed by atoms with Crippen molar-refractivity contribution in [2.24, 2.45) is 0 Å². The lowest BCUT2D eigenvalue weighted by Crippen LogP contribution is -2.53. The summed E-state index contributed by atoms with van der Waals surface area (Å²) in [6, 6.07) is 10.5. The van der Waals surface area contributed by atoms with E-state index in [4.69, 9.17) is 5.73 Å². The van der Waals surface area contributed by atoms with E-state index in [0.29, 0.717) is 18.8 Å². The number of nitrogens with two attached hydrogens (primary N) is 1. The van der Waals surface area contributed by atoms with Crippen molar-refractivity contribution in [3.8, 4) is 0 Å². The average Bonchev–Trinajstić information content (AvgIpc) is 2.71. The molecule has 0 fully saturated rings. The molecular formula is C22H31N5O2. The van der Waals surface area contributed by atoms with Gasteiger partial charge in [0.1, 0.15) is 11.9 Å². The van der Waals surface area contributed by atoms with Crippen molar-refractivity contribution in [2.75, 3.05) is 19.3 Å². The fourth-order valence-corrected chi connectivity index (χ4v) is 2.90.